The van der Waals surface area contributed by atoms with Crippen LogP contribution in [0.3, 0.4) is 0 Å². The monoisotopic (exact) mass is 293 g/mol. The Balaban J connectivity index is 2.23. The lowest BCUT2D eigenvalue weighted by molar-refractivity contribution is 0.530. The number of nitrogens with one attached hydrogen (secondary N) is 1. The van der Waals surface area contributed by atoms with E-state index in [0.29, 0.717) is 6.04 Å². The summed E-state index contributed by atoms with van der Waals surface area (Å²) in [4.78, 5) is 1.41. The van der Waals surface area contributed by atoms with Crippen LogP contribution < -0.4 is 5.32 Å². The van der Waals surface area contributed by atoms with Crippen molar-refractivity contribution in [1.29, 1.82) is 0 Å². The van der Waals surface area contributed by atoms with Crippen LogP contribution in [0.25, 0.3) is 0 Å². The fourth-order valence-corrected chi connectivity index (χ4v) is 3.18. The Morgan fingerprint density at radius 2 is 2.11 bits per heavy atom. The van der Waals surface area contributed by atoms with Crippen molar-refractivity contribution in [2.24, 2.45) is 0 Å². The van der Waals surface area contributed by atoms with Gasteiger partial charge >= 0.3 is 0 Å². The van der Waals surface area contributed by atoms with E-state index in [-0.39, 0.29) is 0 Å². The Bertz CT molecular complexity index is 507. The van der Waals surface area contributed by atoms with Gasteiger partial charge in [-0.2, -0.15) is 0 Å². The first-order valence-electron chi connectivity index (χ1n) is 6.73. The summed E-state index contributed by atoms with van der Waals surface area (Å²) in [5.74, 6) is 0. The van der Waals surface area contributed by atoms with Gasteiger partial charge in [0.25, 0.3) is 0 Å². The van der Waals surface area contributed by atoms with Crippen molar-refractivity contribution in [3.63, 3.8) is 0 Å². The minimum atomic E-state index is 0.345. The average molecular weight is 294 g/mol. The third kappa shape index (κ3) is 3.82. The van der Waals surface area contributed by atoms with E-state index in [2.05, 4.69) is 42.7 Å². The summed E-state index contributed by atoms with van der Waals surface area (Å²) >= 11 is 8.07. The van der Waals surface area contributed by atoms with Gasteiger partial charge in [-0.1, -0.05) is 36.7 Å². The van der Waals surface area contributed by atoms with Gasteiger partial charge in [0.1, 0.15) is 0 Å². The van der Waals surface area contributed by atoms with Crippen LogP contribution in [0, 0.1) is 6.92 Å². The van der Waals surface area contributed by atoms with Gasteiger partial charge < -0.3 is 5.32 Å². The average Bonchev–Trinajstić information content (AvgIpc) is 2.91. The maximum absolute atomic E-state index is 6.25. The summed E-state index contributed by atoms with van der Waals surface area (Å²) in [5, 5.41) is 6.63. The minimum Gasteiger partial charge on any atom is -0.310 e. The predicted octanol–water partition coefficient (Wildman–Crippen LogP) is 4.99. The van der Waals surface area contributed by atoms with E-state index in [4.69, 9.17) is 11.6 Å². The fourth-order valence-electron chi connectivity index (χ4n) is 2.24. The van der Waals surface area contributed by atoms with Crippen LogP contribution in [0.15, 0.2) is 35.7 Å². The maximum atomic E-state index is 6.25. The SMILES string of the molecule is CCCNC(Cc1cccs1)c1cccc(Cl)c1C. The second-order valence-corrected chi connectivity index (χ2v) is 6.18. The van der Waals surface area contributed by atoms with Gasteiger partial charge in [0.2, 0.25) is 0 Å². The minimum absolute atomic E-state index is 0.345. The first-order valence-corrected chi connectivity index (χ1v) is 7.99. The van der Waals surface area contributed by atoms with E-state index in [9.17, 15) is 0 Å². The molecule has 0 aliphatic heterocycles. The molecule has 0 aliphatic rings. The number of rotatable bonds is 6. The highest BCUT2D eigenvalue weighted by molar-refractivity contribution is 7.09. The summed E-state index contributed by atoms with van der Waals surface area (Å²) in [5.41, 5.74) is 2.50. The summed E-state index contributed by atoms with van der Waals surface area (Å²) in [6, 6.07) is 10.8. The zero-order valence-corrected chi connectivity index (χ0v) is 13.0. The first kappa shape index (κ1) is 14.6. The number of benzene rings is 1. The lowest BCUT2D eigenvalue weighted by atomic mass is 9.98. The Labute approximate surface area is 124 Å². The molecule has 0 saturated carbocycles. The van der Waals surface area contributed by atoms with Crippen molar-refractivity contribution >= 4 is 22.9 Å². The van der Waals surface area contributed by atoms with Gasteiger partial charge in [-0.05, 0) is 48.5 Å². The molecule has 0 aliphatic carbocycles. The smallest absolute Gasteiger partial charge is 0.0438 e. The normalized spacial score (nSPS) is 12.6. The molecule has 0 spiro atoms. The lowest BCUT2D eigenvalue weighted by Crippen LogP contribution is -2.24. The molecular formula is C16H20ClNS. The van der Waals surface area contributed by atoms with Crippen molar-refractivity contribution in [3.8, 4) is 0 Å². The van der Waals surface area contributed by atoms with E-state index in [1.54, 1.807) is 0 Å². The molecule has 1 atom stereocenters. The summed E-state index contributed by atoms with van der Waals surface area (Å²) in [7, 11) is 0. The van der Waals surface area contributed by atoms with Crippen molar-refractivity contribution in [1.82, 2.24) is 5.32 Å². The van der Waals surface area contributed by atoms with E-state index >= 15 is 0 Å². The standard InChI is InChI=1S/C16H20ClNS/c1-3-9-18-16(11-13-6-5-10-19-13)14-7-4-8-15(17)12(14)2/h4-8,10,16,18H,3,9,11H2,1-2H3. The van der Waals surface area contributed by atoms with Crippen molar-refractivity contribution in [2.45, 2.75) is 32.7 Å². The Morgan fingerprint density at radius 3 is 2.79 bits per heavy atom. The lowest BCUT2D eigenvalue weighted by Gasteiger charge is -2.21. The molecule has 1 N–H and O–H groups in total. The molecule has 1 aromatic carbocycles. The van der Waals surface area contributed by atoms with Crippen LogP contribution in [0.5, 0.6) is 0 Å². The number of thiophene rings is 1. The van der Waals surface area contributed by atoms with E-state index in [1.807, 2.05) is 23.5 Å². The highest BCUT2D eigenvalue weighted by Gasteiger charge is 2.15. The second kappa shape index (κ2) is 7.09. The molecule has 2 aromatic rings. The molecule has 1 heterocycles. The van der Waals surface area contributed by atoms with Crippen LogP contribution in [-0.2, 0) is 6.42 Å². The highest BCUT2D eigenvalue weighted by atomic mass is 35.5. The largest absolute Gasteiger partial charge is 0.310 e. The summed E-state index contributed by atoms with van der Waals surface area (Å²) in [6.45, 7) is 5.33. The number of halogens is 1. The van der Waals surface area contributed by atoms with Crippen molar-refractivity contribution < 1.29 is 0 Å². The highest BCUT2D eigenvalue weighted by Crippen LogP contribution is 2.27. The third-order valence-corrected chi connectivity index (χ3v) is 4.62. The van der Waals surface area contributed by atoms with Gasteiger partial charge in [-0.25, -0.2) is 0 Å². The molecule has 2 rings (SSSR count). The molecule has 3 heteroatoms. The third-order valence-electron chi connectivity index (χ3n) is 3.31. The molecule has 102 valence electrons. The summed E-state index contributed by atoms with van der Waals surface area (Å²) < 4.78 is 0. The second-order valence-electron chi connectivity index (χ2n) is 4.74. The Kier molecular flexibility index (Phi) is 5.44. The van der Waals surface area contributed by atoms with E-state index in [1.165, 1.54) is 16.0 Å². The maximum Gasteiger partial charge on any atom is 0.0438 e. The van der Waals surface area contributed by atoms with E-state index < -0.39 is 0 Å². The van der Waals surface area contributed by atoms with Gasteiger partial charge in [-0.3, -0.25) is 0 Å². The zero-order chi connectivity index (χ0) is 13.7. The van der Waals surface area contributed by atoms with Crippen molar-refractivity contribution in [2.75, 3.05) is 6.54 Å². The molecule has 0 radical (unpaired) electrons. The summed E-state index contributed by atoms with van der Waals surface area (Å²) in [6.07, 6.45) is 2.17. The topological polar surface area (TPSA) is 12.0 Å². The molecule has 1 aromatic heterocycles. The molecule has 1 nitrogen and oxygen atoms in total. The van der Waals surface area contributed by atoms with Crippen LogP contribution in [0.1, 0.15) is 35.4 Å². The van der Waals surface area contributed by atoms with Gasteiger partial charge in [0.05, 0.1) is 0 Å². The Hall–Kier alpha value is -0.830. The molecular weight excluding hydrogens is 274 g/mol. The van der Waals surface area contributed by atoms with Crippen LogP contribution in [-0.4, -0.2) is 6.54 Å². The predicted molar refractivity (Wildman–Crippen MR) is 85.2 cm³/mol. The van der Waals surface area contributed by atoms with Gasteiger partial charge in [0, 0.05) is 22.4 Å². The molecule has 1 unspecified atom stereocenters. The first-order chi connectivity index (χ1) is 9.22. The molecule has 0 saturated heterocycles. The Morgan fingerprint density at radius 1 is 1.26 bits per heavy atom. The quantitative estimate of drug-likeness (QED) is 0.791. The van der Waals surface area contributed by atoms with Gasteiger partial charge in [0.15, 0.2) is 0 Å². The molecule has 0 fully saturated rings. The molecule has 19 heavy (non-hydrogen) atoms. The van der Waals surface area contributed by atoms with Crippen molar-refractivity contribution in [3.05, 3.63) is 56.7 Å². The zero-order valence-electron chi connectivity index (χ0n) is 11.4. The van der Waals surface area contributed by atoms with E-state index in [0.717, 1.165) is 24.4 Å². The molecule has 0 bridgehead atoms. The van der Waals surface area contributed by atoms with Crippen LogP contribution >= 0.6 is 22.9 Å². The molecule has 0 amide bonds. The number of hydrogen-bond donors (Lipinski definition) is 1. The van der Waals surface area contributed by atoms with Gasteiger partial charge in [-0.15, -0.1) is 11.3 Å². The number of hydrogen-bond acceptors (Lipinski definition) is 2. The van der Waals surface area contributed by atoms with Crippen LogP contribution in [0.2, 0.25) is 5.02 Å². The fraction of sp³-hybridized carbons (Fsp3) is 0.375. The van der Waals surface area contributed by atoms with Crippen LogP contribution in [0.4, 0.5) is 0 Å².